The van der Waals surface area contributed by atoms with Gasteiger partial charge >= 0.3 is 5.97 Å². The summed E-state index contributed by atoms with van der Waals surface area (Å²) in [7, 11) is 0. The van der Waals surface area contributed by atoms with E-state index in [0.29, 0.717) is 25.7 Å². The standard InChI is InChI=1S/C18H24N2O4/c1-3-24-18(23)15(11-13-9-7-12(2)8-10-13)20-17(22)14-5-4-6-16(21)19-14/h7-10,14-15H,3-6,11H2,1-2H3,(H,19,21)(H,20,22)/t14-,15+/m1/s1. The summed E-state index contributed by atoms with van der Waals surface area (Å²) in [5, 5.41) is 5.39. The molecule has 0 saturated carbocycles. The summed E-state index contributed by atoms with van der Waals surface area (Å²) in [6, 6.07) is 6.42. The second-order valence-corrected chi connectivity index (χ2v) is 6.02. The SMILES string of the molecule is CCOC(=O)[C@H](Cc1ccc(C)cc1)NC(=O)[C@H]1CCCC(=O)N1. The van der Waals surface area contributed by atoms with Crippen LogP contribution in [0.1, 0.15) is 37.3 Å². The number of ether oxygens (including phenoxy) is 1. The summed E-state index contributed by atoms with van der Waals surface area (Å²) in [6.07, 6.45) is 2.05. The first kappa shape index (κ1) is 18.0. The van der Waals surface area contributed by atoms with Crippen LogP contribution in [0.4, 0.5) is 0 Å². The number of amides is 2. The van der Waals surface area contributed by atoms with E-state index in [4.69, 9.17) is 4.74 Å². The molecule has 130 valence electrons. The largest absolute Gasteiger partial charge is 0.464 e. The van der Waals surface area contributed by atoms with Gasteiger partial charge in [-0.25, -0.2) is 4.79 Å². The van der Waals surface area contributed by atoms with E-state index < -0.39 is 18.1 Å². The molecule has 0 spiro atoms. The quantitative estimate of drug-likeness (QED) is 0.768. The highest BCUT2D eigenvalue weighted by Crippen LogP contribution is 2.11. The molecule has 1 heterocycles. The minimum Gasteiger partial charge on any atom is -0.464 e. The lowest BCUT2D eigenvalue weighted by Gasteiger charge is -2.25. The molecule has 1 aliphatic rings. The van der Waals surface area contributed by atoms with Gasteiger partial charge in [-0.05, 0) is 32.3 Å². The Labute approximate surface area is 142 Å². The number of rotatable bonds is 6. The van der Waals surface area contributed by atoms with Crippen LogP contribution in [0.3, 0.4) is 0 Å². The molecule has 1 aromatic rings. The topological polar surface area (TPSA) is 84.5 Å². The Balaban J connectivity index is 2.04. The van der Waals surface area contributed by atoms with Gasteiger partial charge in [0.2, 0.25) is 11.8 Å². The molecular weight excluding hydrogens is 308 g/mol. The van der Waals surface area contributed by atoms with E-state index in [1.807, 2.05) is 31.2 Å². The van der Waals surface area contributed by atoms with Crippen molar-refractivity contribution in [3.63, 3.8) is 0 Å². The van der Waals surface area contributed by atoms with Crippen LogP contribution in [-0.4, -0.2) is 36.5 Å². The number of aryl methyl sites for hydroxylation is 1. The van der Waals surface area contributed by atoms with Gasteiger partial charge in [0, 0.05) is 12.8 Å². The Morgan fingerprint density at radius 1 is 1.33 bits per heavy atom. The molecular formula is C18H24N2O4. The molecule has 1 saturated heterocycles. The molecule has 0 aromatic heterocycles. The first-order valence-corrected chi connectivity index (χ1v) is 8.31. The average molecular weight is 332 g/mol. The van der Waals surface area contributed by atoms with Gasteiger partial charge < -0.3 is 15.4 Å². The van der Waals surface area contributed by atoms with Crippen LogP contribution in [0.5, 0.6) is 0 Å². The second-order valence-electron chi connectivity index (χ2n) is 6.02. The van der Waals surface area contributed by atoms with Crippen molar-refractivity contribution in [2.45, 2.75) is 51.6 Å². The molecule has 0 bridgehead atoms. The Morgan fingerprint density at radius 3 is 2.67 bits per heavy atom. The normalized spacial score (nSPS) is 18.4. The summed E-state index contributed by atoms with van der Waals surface area (Å²) >= 11 is 0. The molecule has 2 N–H and O–H groups in total. The molecule has 1 fully saturated rings. The predicted molar refractivity (Wildman–Crippen MR) is 89.2 cm³/mol. The third-order valence-corrected chi connectivity index (χ3v) is 4.00. The molecule has 2 atom stereocenters. The van der Waals surface area contributed by atoms with Gasteiger partial charge in [0.15, 0.2) is 0 Å². The van der Waals surface area contributed by atoms with Gasteiger partial charge in [0.25, 0.3) is 0 Å². The minimum atomic E-state index is -0.765. The third-order valence-electron chi connectivity index (χ3n) is 4.00. The highest BCUT2D eigenvalue weighted by molar-refractivity contribution is 5.91. The van der Waals surface area contributed by atoms with Crippen molar-refractivity contribution < 1.29 is 19.1 Å². The number of carbonyl (C=O) groups is 3. The molecule has 0 unspecified atom stereocenters. The molecule has 24 heavy (non-hydrogen) atoms. The lowest BCUT2D eigenvalue weighted by molar-refractivity contribution is -0.147. The maximum atomic E-state index is 12.4. The van der Waals surface area contributed by atoms with E-state index >= 15 is 0 Å². The van der Waals surface area contributed by atoms with Crippen LogP contribution in [0.2, 0.25) is 0 Å². The van der Waals surface area contributed by atoms with Crippen molar-refractivity contribution in [1.29, 1.82) is 0 Å². The van der Waals surface area contributed by atoms with Gasteiger partial charge in [0.1, 0.15) is 12.1 Å². The van der Waals surface area contributed by atoms with E-state index in [0.717, 1.165) is 11.1 Å². The maximum Gasteiger partial charge on any atom is 0.328 e. The van der Waals surface area contributed by atoms with Crippen molar-refractivity contribution in [2.75, 3.05) is 6.61 Å². The van der Waals surface area contributed by atoms with Crippen LogP contribution >= 0.6 is 0 Å². The molecule has 2 amide bonds. The van der Waals surface area contributed by atoms with E-state index in [2.05, 4.69) is 10.6 Å². The van der Waals surface area contributed by atoms with E-state index in [1.54, 1.807) is 6.92 Å². The number of hydrogen-bond acceptors (Lipinski definition) is 4. The second kappa shape index (κ2) is 8.47. The van der Waals surface area contributed by atoms with Crippen molar-refractivity contribution in [2.24, 2.45) is 0 Å². The zero-order valence-corrected chi connectivity index (χ0v) is 14.1. The number of piperidine rings is 1. The van der Waals surface area contributed by atoms with E-state index in [-0.39, 0.29) is 18.4 Å². The number of esters is 1. The summed E-state index contributed by atoms with van der Waals surface area (Å²) in [6.45, 7) is 3.96. The van der Waals surface area contributed by atoms with Gasteiger partial charge in [-0.2, -0.15) is 0 Å². The van der Waals surface area contributed by atoms with Crippen molar-refractivity contribution in [1.82, 2.24) is 10.6 Å². The number of carbonyl (C=O) groups excluding carboxylic acids is 3. The summed E-state index contributed by atoms with van der Waals surface area (Å²) in [5.74, 6) is -0.936. The lowest BCUT2D eigenvalue weighted by Crippen LogP contribution is -2.53. The van der Waals surface area contributed by atoms with Gasteiger partial charge in [-0.15, -0.1) is 0 Å². The molecule has 0 radical (unpaired) electrons. The van der Waals surface area contributed by atoms with Crippen LogP contribution in [-0.2, 0) is 25.5 Å². The molecule has 1 aromatic carbocycles. The first-order chi connectivity index (χ1) is 11.5. The van der Waals surface area contributed by atoms with Crippen molar-refractivity contribution >= 4 is 17.8 Å². The monoisotopic (exact) mass is 332 g/mol. The fraction of sp³-hybridized carbons (Fsp3) is 0.500. The molecule has 6 nitrogen and oxygen atoms in total. The fourth-order valence-corrected chi connectivity index (χ4v) is 2.67. The predicted octanol–water partition coefficient (Wildman–Crippen LogP) is 1.25. The van der Waals surface area contributed by atoms with Gasteiger partial charge in [-0.1, -0.05) is 29.8 Å². The van der Waals surface area contributed by atoms with Crippen molar-refractivity contribution in [3.05, 3.63) is 35.4 Å². The van der Waals surface area contributed by atoms with Crippen molar-refractivity contribution in [3.8, 4) is 0 Å². The van der Waals surface area contributed by atoms with Gasteiger partial charge in [-0.3, -0.25) is 9.59 Å². The Bertz CT molecular complexity index is 598. The number of benzene rings is 1. The van der Waals surface area contributed by atoms with Gasteiger partial charge in [0.05, 0.1) is 6.61 Å². The zero-order chi connectivity index (χ0) is 17.5. The summed E-state index contributed by atoms with van der Waals surface area (Å²) in [4.78, 5) is 36.0. The molecule has 2 rings (SSSR count). The first-order valence-electron chi connectivity index (χ1n) is 8.31. The van der Waals surface area contributed by atoms with Crippen LogP contribution in [0.25, 0.3) is 0 Å². The lowest BCUT2D eigenvalue weighted by atomic mass is 10.0. The molecule has 6 heteroatoms. The average Bonchev–Trinajstić information content (AvgIpc) is 2.56. The Kier molecular flexibility index (Phi) is 6.35. The molecule has 0 aliphatic carbocycles. The maximum absolute atomic E-state index is 12.4. The van der Waals surface area contributed by atoms with Crippen LogP contribution in [0, 0.1) is 6.92 Å². The summed E-state index contributed by atoms with van der Waals surface area (Å²) < 4.78 is 5.07. The highest BCUT2D eigenvalue weighted by Gasteiger charge is 2.29. The van der Waals surface area contributed by atoms with Crippen LogP contribution < -0.4 is 10.6 Å². The Morgan fingerprint density at radius 2 is 2.04 bits per heavy atom. The minimum absolute atomic E-state index is 0.132. The Hall–Kier alpha value is -2.37. The highest BCUT2D eigenvalue weighted by atomic mass is 16.5. The summed E-state index contributed by atoms with van der Waals surface area (Å²) in [5.41, 5.74) is 2.06. The smallest absolute Gasteiger partial charge is 0.328 e. The third kappa shape index (κ3) is 5.08. The van der Waals surface area contributed by atoms with E-state index in [1.165, 1.54) is 0 Å². The number of hydrogen-bond donors (Lipinski definition) is 2. The molecule has 1 aliphatic heterocycles. The van der Waals surface area contributed by atoms with Crippen LogP contribution in [0.15, 0.2) is 24.3 Å². The fourth-order valence-electron chi connectivity index (χ4n) is 2.67. The van der Waals surface area contributed by atoms with E-state index in [9.17, 15) is 14.4 Å². The number of nitrogens with one attached hydrogen (secondary N) is 2. The zero-order valence-electron chi connectivity index (χ0n) is 14.1.